The smallest absolute Gasteiger partial charge is 0.240 e. The highest BCUT2D eigenvalue weighted by molar-refractivity contribution is 7.99. The van der Waals surface area contributed by atoms with E-state index in [1.165, 1.54) is 19.2 Å². The number of sulfonamides is 1. The first-order valence-corrected chi connectivity index (χ1v) is 8.70. The van der Waals surface area contributed by atoms with Crippen molar-refractivity contribution in [1.82, 2.24) is 4.72 Å². The van der Waals surface area contributed by atoms with Crippen LogP contribution in [0.3, 0.4) is 0 Å². The van der Waals surface area contributed by atoms with Gasteiger partial charge in [-0.2, -0.15) is 11.8 Å². The summed E-state index contributed by atoms with van der Waals surface area (Å²) in [5.74, 6) is 2.48. The number of methoxy groups -OCH3 is 1. The number of ether oxygens (including phenoxy) is 1. The number of hydrogen-bond acceptors (Lipinski definition) is 5. The van der Waals surface area contributed by atoms with Crippen molar-refractivity contribution in [3.8, 4) is 5.75 Å². The molecule has 1 heterocycles. The van der Waals surface area contributed by atoms with Crippen LogP contribution in [0.4, 0.5) is 5.69 Å². The van der Waals surface area contributed by atoms with Gasteiger partial charge in [-0.15, -0.1) is 0 Å². The predicted molar refractivity (Wildman–Crippen MR) is 78.1 cm³/mol. The molecule has 0 atom stereocenters. The van der Waals surface area contributed by atoms with E-state index in [2.05, 4.69) is 4.72 Å². The molecule has 1 aromatic carbocycles. The molecule has 2 rings (SSSR count). The first-order valence-electron chi connectivity index (χ1n) is 6.06. The minimum absolute atomic E-state index is 0.0228. The van der Waals surface area contributed by atoms with Crippen molar-refractivity contribution in [2.45, 2.75) is 23.8 Å². The zero-order chi connectivity index (χ0) is 13.9. The molecule has 0 saturated carbocycles. The summed E-state index contributed by atoms with van der Waals surface area (Å²) in [6.45, 7) is 0. The van der Waals surface area contributed by atoms with E-state index in [0.29, 0.717) is 11.4 Å². The minimum Gasteiger partial charge on any atom is -0.495 e. The van der Waals surface area contributed by atoms with Crippen molar-refractivity contribution in [2.75, 3.05) is 24.3 Å². The third kappa shape index (κ3) is 3.55. The maximum atomic E-state index is 12.2. The highest BCUT2D eigenvalue weighted by atomic mass is 32.2. The quantitative estimate of drug-likeness (QED) is 0.823. The maximum Gasteiger partial charge on any atom is 0.240 e. The lowest BCUT2D eigenvalue weighted by Gasteiger charge is -2.22. The molecule has 1 fully saturated rings. The maximum absolute atomic E-state index is 12.2. The van der Waals surface area contributed by atoms with Gasteiger partial charge in [0.25, 0.3) is 0 Å². The zero-order valence-electron chi connectivity index (χ0n) is 10.8. The van der Waals surface area contributed by atoms with E-state index in [-0.39, 0.29) is 10.9 Å². The largest absolute Gasteiger partial charge is 0.495 e. The van der Waals surface area contributed by atoms with E-state index in [0.717, 1.165) is 24.3 Å². The van der Waals surface area contributed by atoms with Gasteiger partial charge in [-0.3, -0.25) is 0 Å². The van der Waals surface area contributed by atoms with E-state index >= 15 is 0 Å². The molecule has 19 heavy (non-hydrogen) atoms. The van der Waals surface area contributed by atoms with E-state index in [1.54, 1.807) is 6.07 Å². The van der Waals surface area contributed by atoms with Crippen LogP contribution >= 0.6 is 11.8 Å². The lowest BCUT2D eigenvalue weighted by molar-refractivity contribution is 0.416. The molecule has 7 heteroatoms. The van der Waals surface area contributed by atoms with Crippen LogP contribution in [0.2, 0.25) is 0 Å². The summed E-state index contributed by atoms with van der Waals surface area (Å²) < 4.78 is 32.2. The Labute approximate surface area is 118 Å². The highest BCUT2D eigenvalue weighted by Gasteiger charge is 2.22. The molecular formula is C12H18N2O3S2. The average Bonchev–Trinajstić information content (AvgIpc) is 2.39. The Morgan fingerprint density at radius 2 is 2.05 bits per heavy atom. The molecule has 1 saturated heterocycles. The van der Waals surface area contributed by atoms with Crippen molar-refractivity contribution in [3.63, 3.8) is 0 Å². The summed E-state index contributed by atoms with van der Waals surface area (Å²) in [4.78, 5) is 0.184. The molecule has 0 bridgehead atoms. The van der Waals surface area contributed by atoms with Gasteiger partial charge in [0, 0.05) is 6.04 Å². The summed E-state index contributed by atoms with van der Waals surface area (Å²) in [7, 11) is -2.00. The van der Waals surface area contributed by atoms with Gasteiger partial charge in [0.15, 0.2) is 0 Å². The van der Waals surface area contributed by atoms with Gasteiger partial charge in [0.05, 0.1) is 17.7 Å². The summed E-state index contributed by atoms with van der Waals surface area (Å²) in [6.07, 6.45) is 1.74. The molecule has 0 spiro atoms. The molecular weight excluding hydrogens is 284 g/mol. The van der Waals surface area contributed by atoms with Crippen LogP contribution in [0.5, 0.6) is 5.75 Å². The number of hydrogen-bond donors (Lipinski definition) is 2. The van der Waals surface area contributed by atoms with Gasteiger partial charge in [-0.25, -0.2) is 13.1 Å². The van der Waals surface area contributed by atoms with Crippen LogP contribution in [-0.4, -0.2) is 33.1 Å². The van der Waals surface area contributed by atoms with Gasteiger partial charge < -0.3 is 10.5 Å². The van der Waals surface area contributed by atoms with Gasteiger partial charge in [-0.05, 0) is 42.5 Å². The number of benzene rings is 1. The number of nitrogens with one attached hydrogen (secondary N) is 1. The van der Waals surface area contributed by atoms with Crippen LogP contribution in [0.25, 0.3) is 0 Å². The van der Waals surface area contributed by atoms with Gasteiger partial charge in [0.2, 0.25) is 10.0 Å². The molecule has 1 aromatic rings. The van der Waals surface area contributed by atoms with Crippen molar-refractivity contribution in [1.29, 1.82) is 0 Å². The summed E-state index contributed by atoms with van der Waals surface area (Å²) in [6, 6.07) is 4.53. The Kier molecular flexibility index (Phi) is 4.59. The third-order valence-corrected chi connectivity index (χ3v) is 5.62. The topological polar surface area (TPSA) is 81.4 Å². The molecule has 3 N–H and O–H groups in total. The summed E-state index contributed by atoms with van der Waals surface area (Å²) in [5, 5.41) is 0. The van der Waals surface area contributed by atoms with Crippen LogP contribution in [0.1, 0.15) is 12.8 Å². The lowest BCUT2D eigenvalue weighted by Crippen LogP contribution is -2.37. The first-order chi connectivity index (χ1) is 9.03. The summed E-state index contributed by atoms with van der Waals surface area (Å²) >= 11 is 1.86. The van der Waals surface area contributed by atoms with Gasteiger partial charge >= 0.3 is 0 Å². The third-order valence-electron chi connectivity index (χ3n) is 3.05. The van der Waals surface area contributed by atoms with E-state index in [9.17, 15) is 8.42 Å². The van der Waals surface area contributed by atoms with Crippen LogP contribution in [0, 0.1) is 0 Å². The first kappa shape index (κ1) is 14.5. The Bertz CT molecular complexity index is 540. The second-order valence-electron chi connectivity index (χ2n) is 4.41. The molecule has 0 unspecified atom stereocenters. The molecule has 0 amide bonds. The van der Waals surface area contributed by atoms with E-state index in [4.69, 9.17) is 10.5 Å². The number of nitrogens with two attached hydrogens (primary N) is 1. The number of thioether (sulfide) groups is 1. The van der Waals surface area contributed by atoms with Gasteiger partial charge in [0.1, 0.15) is 5.75 Å². The monoisotopic (exact) mass is 302 g/mol. The molecule has 106 valence electrons. The zero-order valence-corrected chi connectivity index (χ0v) is 12.4. The van der Waals surface area contributed by atoms with Crippen molar-refractivity contribution in [2.24, 2.45) is 0 Å². The fourth-order valence-corrected chi connectivity index (χ4v) is 4.43. The Morgan fingerprint density at radius 1 is 1.37 bits per heavy atom. The fourth-order valence-electron chi connectivity index (χ4n) is 1.98. The number of anilines is 1. The fraction of sp³-hybridized carbons (Fsp3) is 0.500. The van der Waals surface area contributed by atoms with Crippen molar-refractivity contribution < 1.29 is 13.2 Å². The van der Waals surface area contributed by atoms with E-state index < -0.39 is 10.0 Å². The lowest BCUT2D eigenvalue weighted by atomic mass is 10.2. The van der Waals surface area contributed by atoms with Crippen molar-refractivity contribution >= 4 is 27.5 Å². The van der Waals surface area contributed by atoms with Crippen LogP contribution in [-0.2, 0) is 10.0 Å². The normalized spacial score (nSPS) is 17.3. The predicted octanol–water partition coefficient (Wildman–Crippen LogP) is 1.45. The van der Waals surface area contributed by atoms with Gasteiger partial charge in [-0.1, -0.05) is 0 Å². The van der Waals surface area contributed by atoms with E-state index in [1.807, 2.05) is 11.8 Å². The molecule has 5 nitrogen and oxygen atoms in total. The number of nitrogen functional groups attached to an aromatic ring is 1. The number of rotatable bonds is 4. The molecule has 0 aromatic heterocycles. The van der Waals surface area contributed by atoms with Crippen LogP contribution in [0.15, 0.2) is 23.1 Å². The average molecular weight is 302 g/mol. The second kappa shape index (κ2) is 6.02. The SMILES string of the molecule is COc1ccc(S(=O)(=O)NC2CCSCC2)cc1N. The summed E-state index contributed by atoms with van der Waals surface area (Å²) in [5.41, 5.74) is 6.06. The molecule has 0 aliphatic carbocycles. The van der Waals surface area contributed by atoms with Crippen molar-refractivity contribution in [3.05, 3.63) is 18.2 Å². The highest BCUT2D eigenvalue weighted by Crippen LogP contribution is 2.25. The Balaban J connectivity index is 2.16. The molecule has 0 radical (unpaired) electrons. The molecule has 1 aliphatic rings. The minimum atomic E-state index is -3.50. The Hall–Kier alpha value is -0.920. The standard InChI is InChI=1S/C12H18N2O3S2/c1-17-12-3-2-10(8-11(12)13)19(15,16)14-9-4-6-18-7-5-9/h2-3,8-9,14H,4-7,13H2,1H3. The Morgan fingerprint density at radius 3 is 2.63 bits per heavy atom. The van der Waals surface area contributed by atoms with Crippen LogP contribution < -0.4 is 15.2 Å². The molecule has 1 aliphatic heterocycles. The second-order valence-corrected chi connectivity index (χ2v) is 7.35.